The number of ether oxygens (including phenoxy) is 1. The van der Waals surface area contributed by atoms with E-state index in [9.17, 15) is 4.79 Å². The van der Waals surface area contributed by atoms with Crippen LogP contribution in [0.25, 0.3) is 11.0 Å². The molecule has 0 saturated carbocycles. The first-order chi connectivity index (χ1) is 12.0. The highest BCUT2D eigenvalue weighted by atomic mass is 16.5. The number of anilines is 2. The molecule has 0 aliphatic heterocycles. The number of nitrogens with zero attached hydrogens (tertiary/aromatic N) is 2. The number of carbonyl (C=O) groups excluding carboxylic acids is 1. The molecule has 3 rings (SSSR count). The lowest BCUT2D eigenvalue weighted by atomic mass is 10.1. The largest absolute Gasteiger partial charge is 0.461 e. The molecule has 0 fully saturated rings. The van der Waals surface area contributed by atoms with Gasteiger partial charge in [-0.3, -0.25) is 0 Å². The molecule has 128 valence electrons. The summed E-state index contributed by atoms with van der Waals surface area (Å²) in [5.74, 6) is -0.0786. The molecule has 0 amide bonds. The van der Waals surface area contributed by atoms with Gasteiger partial charge in [0.15, 0.2) is 11.5 Å². The number of benzene rings is 2. The first-order valence-electron chi connectivity index (χ1n) is 8.27. The maximum Gasteiger partial charge on any atom is 0.360 e. The van der Waals surface area contributed by atoms with Crippen molar-refractivity contribution in [2.45, 2.75) is 27.7 Å². The standard InChI is InChI=1S/C20H21N3O2/c1-5-25-20(24)18-19(21-15-8-6-7-12(2)9-15)23-17-11-14(4)13(3)10-16(17)22-18/h6-11H,5H2,1-4H3,(H,21,23). The number of hydrogen-bond donors (Lipinski definition) is 1. The zero-order valence-corrected chi connectivity index (χ0v) is 14.9. The second kappa shape index (κ2) is 6.89. The fraction of sp³-hybridized carbons (Fsp3) is 0.250. The van der Waals surface area contributed by atoms with Crippen LogP contribution in [0.5, 0.6) is 0 Å². The Morgan fingerprint density at radius 3 is 2.36 bits per heavy atom. The first kappa shape index (κ1) is 16.9. The van der Waals surface area contributed by atoms with E-state index in [4.69, 9.17) is 4.74 Å². The lowest BCUT2D eigenvalue weighted by Crippen LogP contribution is -2.12. The predicted molar refractivity (Wildman–Crippen MR) is 99.4 cm³/mol. The zero-order chi connectivity index (χ0) is 18.0. The molecule has 0 spiro atoms. The molecule has 0 aliphatic rings. The van der Waals surface area contributed by atoms with Gasteiger partial charge < -0.3 is 10.1 Å². The SMILES string of the molecule is CCOC(=O)c1nc2cc(C)c(C)cc2nc1Nc1cccc(C)c1. The van der Waals surface area contributed by atoms with Gasteiger partial charge >= 0.3 is 5.97 Å². The number of esters is 1. The van der Waals surface area contributed by atoms with Crippen molar-refractivity contribution >= 4 is 28.5 Å². The Morgan fingerprint density at radius 2 is 1.72 bits per heavy atom. The Kier molecular flexibility index (Phi) is 4.65. The van der Waals surface area contributed by atoms with Crippen molar-refractivity contribution in [1.29, 1.82) is 0 Å². The number of aryl methyl sites for hydroxylation is 3. The summed E-state index contributed by atoms with van der Waals surface area (Å²) in [6, 6.07) is 11.8. The Morgan fingerprint density at radius 1 is 1.04 bits per heavy atom. The van der Waals surface area contributed by atoms with Crippen molar-refractivity contribution in [3.05, 3.63) is 58.8 Å². The third-order valence-electron chi connectivity index (χ3n) is 4.03. The lowest BCUT2D eigenvalue weighted by molar-refractivity contribution is 0.0521. The minimum Gasteiger partial charge on any atom is -0.461 e. The molecule has 25 heavy (non-hydrogen) atoms. The average molecular weight is 335 g/mol. The summed E-state index contributed by atoms with van der Waals surface area (Å²) in [5, 5.41) is 3.20. The molecule has 5 nitrogen and oxygen atoms in total. The van der Waals surface area contributed by atoms with Gasteiger partial charge in [0.05, 0.1) is 17.6 Å². The van der Waals surface area contributed by atoms with Gasteiger partial charge in [-0.15, -0.1) is 0 Å². The average Bonchev–Trinajstić information content (AvgIpc) is 2.56. The monoisotopic (exact) mass is 335 g/mol. The van der Waals surface area contributed by atoms with Crippen LogP contribution >= 0.6 is 0 Å². The Bertz CT molecular complexity index is 951. The highest BCUT2D eigenvalue weighted by Gasteiger charge is 2.18. The van der Waals surface area contributed by atoms with E-state index in [1.54, 1.807) is 6.92 Å². The normalized spacial score (nSPS) is 10.7. The highest BCUT2D eigenvalue weighted by molar-refractivity contribution is 5.96. The highest BCUT2D eigenvalue weighted by Crippen LogP contribution is 2.24. The molecule has 1 heterocycles. The van der Waals surface area contributed by atoms with Crippen molar-refractivity contribution in [2.24, 2.45) is 0 Å². The quantitative estimate of drug-likeness (QED) is 0.712. The van der Waals surface area contributed by atoms with E-state index >= 15 is 0 Å². The Hall–Kier alpha value is -2.95. The Labute approximate surface area is 147 Å². The molecule has 0 atom stereocenters. The van der Waals surface area contributed by atoms with E-state index in [1.807, 2.05) is 57.2 Å². The van der Waals surface area contributed by atoms with Crippen LogP contribution < -0.4 is 5.32 Å². The van der Waals surface area contributed by atoms with E-state index in [0.717, 1.165) is 27.9 Å². The molecular weight excluding hydrogens is 314 g/mol. The number of nitrogens with one attached hydrogen (secondary N) is 1. The van der Waals surface area contributed by atoms with Crippen LogP contribution in [0.1, 0.15) is 34.1 Å². The van der Waals surface area contributed by atoms with Crippen molar-refractivity contribution in [3.63, 3.8) is 0 Å². The van der Waals surface area contributed by atoms with Crippen LogP contribution in [0.3, 0.4) is 0 Å². The maximum atomic E-state index is 12.4. The zero-order valence-electron chi connectivity index (χ0n) is 14.9. The van der Waals surface area contributed by atoms with Crippen LogP contribution in [0.2, 0.25) is 0 Å². The van der Waals surface area contributed by atoms with Crippen molar-refractivity contribution in [3.8, 4) is 0 Å². The predicted octanol–water partition coefficient (Wildman–Crippen LogP) is 4.48. The molecule has 1 aromatic heterocycles. The van der Waals surface area contributed by atoms with E-state index < -0.39 is 5.97 Å². The van der Waals surface area contributed by atoms with Crippen LogP contribution in [0.15, 0.2) is 36.4 Å². The molecule has 1 N–H and O–H groups in total. The summed E-state index contributed by atoms with van der Waals surface area (Å²) in [5.41, 5.74) is 5.82. The van der Waals surface area contributed by atoms with E-state index in [1.165, 1.54) is 0 Å². The molecule has 0 unspecified atom stereocenters. The summed E-state index contributed by atoms with van der Waals surface area (Å²) in [6.07, 6.45) is 0. The lowest BCUT2D eigenvalue weighted by Gasteiger charge is -2.12. The summed E-state index contributed by atoms with van der Waals surface area (Å²) in [6.45, 7) is 8.11. The fourth-order valence-electron chi connectivity index (χ4n) is 2.60. The van der Waals surface area contributed by atoms with E-state index in [-0.39, 0.29) is 12.3 Å². The van der Waals surface area contributed by atoms with Gasteiger partial charge in [0.1, 0.15) is 0 Å². The van der Waals surface area contributed by atoms with Crippen LogP contribution in [-0.4, -0.2) is 22.5 Å². The number of rotatable bonds is 4. The minimum absolute atomic E-state index is 0.194. The first-order valence-corrected chi connectivity index (χ1v) is 8.27. The van der Waals surface area contributed by atoms with Gasteiger partial charge in [-0.1, -0.05) is 12.1 Å². The van der Waals surface area contributed by atoms with Crippen LogP contribution in [0, 0.1) is 20.8 Å². The fourth-order valence-corrected chi connectivity index (χ4v) is 2.60. The number of carbonyl (C=O) groups is 1. The number of fused-ring (bicyclic) bond motifs is 1. The van der Waals surface area contributed by atoms with Gasteiger partial charge in [0.2, 0.25) is 0 Å². The smallest absolute Gasteiger partial charge is 0.360 e. The van der Waals surface area contributed by atoms with E-state index in [0.29, 0.717) is 11.3 Å². The molecule has 0 bridgehead atoms. The second-order valence-electron chi connectivity index (χ2n) is 6.06. The van der Waals surface area contributed by atoms with Crippen LogP contribution in [-0.2, 0) is 4.74 Å². The molecule has 0 saturated heterocycles. The van der Waals surface area contributed by atoms with Crippen molar-refractivity contribution in [1.82, 2.24) is 9.97 Å². The molecule has 3 aromatic rings. The number of hydrogen-bond acceptors (Lipinski definition) is 5. The Balaban J connectivity index is 2.14. The summed E-state index contributed by atoms with van der Waals surface area (Å²) in [4.78, 5) is 21.5. The van der Waals surface area contributed by atoms with Gasteiger partial charge in [-0.25, -0.2) is 14.8 Å². The second-order valence-corrected chi connectivity index (χ2v) is 6.06. The maximum absolute atomic E-state index is 12.4. The topological polar surface area (TPSA) is 64.1 Å². The van der Waals surface area contributed by atoms with E-state index in [2.05, 4.69) is 15.3 Å². The van der Waals surface area contributed by atoms with Crippen molar-refractivity contribution in [2.75, 3.05) is 11.9 Å². The molecule has 0 radical (unpaired) electrons. The van der Waals surface area contributed by atoms with Gasteiger partial charge in [-0.2, -0.15) is 0 Å². The number of aromatic nitrogens is 2. The van der Waals surface area contributed by atoms with Gasteiger partial charge in [0, 0.05) is 5.69 Å². The molecule has 5 heteroatoms. The van der Waals surface area contributed by atoms with Crippen LogP contribution in [0.4, 0.5) is 11.5 Å². The van der Waals surface area contributed by atoms with Crippen molar-refractivity contribution < 1.29 is 9.53 Å². The summed E-state index contributed by atoms with van der Waals surface area (Å²) < 4.78 is 5.15. The van der Waals surface area contributed by atoms with Gasteiger partial charge in [-0.05, 0) is 68.7 Å². The third kappa shape index (κ3) is 3.60. The molecule has 2 aromatic carbocycles. The molecule has 0 aliphatic carbocycles. The van der Waals surface area contributed by atoms with Gasteiger partial charge in [0.25, 0.3) is 0 Å². The summed E-state index contributed by atoms with van der Waals surface area (Å²) >= 11 is 0. The minimum atomic E-state index is -0.481. The summed E-state index contributed by atoms with van der Waals surface area (Å²) in [7, 11) is 0. The third-order valence-corrected chi connectivity index (χ3v) is 4.03. The molecular formula is C20H21N3O2.